The van der Waals surface area contributed by atoms with Gasteiger partial charge in [0.15, 0.2) is 0 Å². The van der Waals surface area contributed by atoms with Gasteiger partial charge in [-0.3, -0.25) is 10.1 Å². The fraction of sp³-hybridized carbons (Fsp3) is 0.118. The molecular weight excluding hydrogens is 334 g/mol. The molecule has 1 heterocycles. The first-order chi connectivity index (χ1) is 11.5. The highest BCUT2D eigenvalue weighted by Gasteiger charge is 2.14. The average molecular weight is 346 g/mol. The highest BCUT2D eigenvalue weighted by atomic mass is 35.5. The minimum absolute atomic E-state index is 0.0293. The van der Waals surface area contributed by atoms with Crippen LogP contribution in [-0.4, -0.2) is 4.92 Å². The molecule has 0 atom stereocenters. The second-order valence-corrected chi connectivity index (χ2v) is 5.61. The monoisotopic (exact) mass is 345 g/mol. The lowest BCUT2D eigenvalue weighted by molar-refractivity contribution is -0.385. The summed E-state index contributed by atoms with van der Waals surface area (Å²) in [5, 5.41) is 12.1. The Morgan fingerprint density at radius 3 is 2.75 bits per heavy atom. The van der Waals surface area contributed by atoms with Gasteiger partial charge in [-0.2, -0.15) is 0 Å². The van der Waals surface area contributed by atoms with E-state index in [1.165, 1.54) is 18.2 Å². The first-order valence-corrected chi connectivity index (χ1v) is 7.42. The Morgan fingerprint density at radius 1 is 1.25 bits per heavy atom. The van der Waals surface area contributed by atoms with Crippen LogP contribution < -0.4 is 10.4 Å². The number of nitro benzene ring substituents is 1. The van der Waals surface area contributed by atoms with Gasteiger partial charge < -0.3 is 9.15 Å². The lowest BCUT2D eigenvalue weighted by Crippen LogP contribution is -2.02. The third-order valence-corrected chi connectivity index (χ3v) is 3.87. The molecule has 0 saturated carbocycles. The van der Waals surface area contributed by atoms with Crippen molar-refractivity contribution in [3.8, 4) is 5.75 Å². The molecule has 0 fully saturated rings. The Kier molecular flexibility index (Phi) is 4.22. The van der Waals surface area contributed by atoms with E-state index in [4.69, 9.17) is 20.8 Å². The number of aryl methyl sites for hydroxylation is 1. The van der Waals surface area contributed by atoms with Crippen LogP contribution in [0.1, 0.15) is 11.1 Å². The number of ether oxygens (including phenoxy) is 1. The van der Waals surface area contributed by atoms with Crippen LogP contribution in [0.15, 0.2) is 51.7 Å². The topological polar surface area (TPSA) is 82.6 Å². The van der Waals surface area contributed by atoms with Crippen molar-refractivity contribution < 1.29 is 14.1 Å². The zero-order valence-electron chi connectivity index (χ0n) is 12.6. The first kappa shape index (κ1) is 16.0. The zero-order chi connectivity index (χ0) is 17.3. The van der Waals surface area contributed by atoms with Gasteiger partial charge in [0.25, 0.3) is 5.69 Å². The summed E-state index contributed by atoms with van der Waals surface area (Å²) in [6.45, 7) is 1.75. The van der Waals surface area contributed by atoms with E-state index in [1.54, 1.807) is 31.2 Å². The quantitative estimate of drug-likeness (QED) is 0.401. The van der Waals surface area contributed by atoms with Gasteiger partial charge in [0, 0.05) is 23.6 Å². The van der Waals surface area contributed by atoms with Crippen LogP contribution in [0.2, 0.25) is 5.02 Å². The molecule has 0 amide bonds. The molecule has 0 aliphatic carbocycles. The van der Waals surface area contributed by atoms with Crippen molar-refractivity contribution in [3.05, 3.63) is 79.1 Å². The van der Waals surface area contributed by atoms with E-state index >= 15 is 0 Å². The molecule has 2 aromatic carbocycles. The van der Waals surface area contributed by atoms with Crippen molar-refractivity contribution in [2.24, 2.45) is 0 Å². The number of benzene rings is 2. The van der Waals surface area contributed by atoms with Crippen LogP contribution in [0.25, 0.3) is 11.0 Å². The molecule has 0 aliphatic rings. The summed E-state index contributed by atoms with van der Waals surface area (Å²) in [6.07, 6.45) is 0. The van der Waals surface area contributed by atoms with Gasteiger partial charge in [-0.15, -0.1) is 0 Å². The molecule has 0 radical (unpaired) electrons. The molecule has 0 aliphatic heterocycles. The number of nitro groups is 1. The molecule has 0 saturated heterocycles. The SMILES string of the molecule is Cc1cc(=O)oc2cc(OCc3ccccc3[N+](=O)[O-])c(Cl)cc12. The molecular formula is C17H12ClNO5. The van der Waals surface area contributed by atoms with E-state index in [9.17, 15) is 14.9 Å². The average Bonchev–Trinajstić information content (AvgIpc) is 2.54. The Hall–Kier alpha value is -2.86. The Morgan fingerprint density at radius 2 is 2.00 bits per heavy atom. The largest absolute Gasteiger partial charge is 0.487 e. The van der Waals surface area contributed by atoms with Crippen LogP contribution in [0.5, 0.6) is 5.75 Å². The fourth-order valence-electron chi connectivity index (χ4n) is 2.40. The summed E-state index contributed by atoms with van der Waals surface area (Å²) < 4.78 is 10.8. The lowest BCUT2D eigenvalue weighted by atomic mass is 10.1. The van der Waals surface area contributed by atoms with Crippen LogP contribution in [0, 0.1) is 17.0 Å². The smallest absolute Gasteiger partial charge is 0.336 e. The highest BCUT2D eigenvalue weighted by molar-refractivity contribution is 6.32. The lowest BCUT2D eigenvalue weighted by Gasteiger charge is -2.10. The van der Waals surface area contributed by atoms with Crippen molar-refractivity contribution in [1.82, 2.24) is 0 Å². The Labute approximate surface area is 141 Å². The van der Waals surface area contributed by atoms with Gasteiger partial charge in [0.05, 0.1) is 15.5 Å². The fourth-order valence-corrected chi connectivity index (χ4v) is 2.62. The van der Waals surface area contributed by atoms with E-state index in [2.05, 4.69) is 0 Å². The third-order valence-electron chi connectivity index (χ3n) is 3.58. The minimum atomic E-state index is -0.469. The molecule has 0 unspecified atom stereocenters. The first-order valence-electron chi connectivity index (χ1n) is 7.05. The summed E-state index contributed by atoms with van der Waals surface area (Å²) >= 11 is 6.20. The molecule has 0 bridgehead atoms. The summed E-state index contributed by atoms with van der Waals surface area (Å²) in [5.41, 5.74) is 1.02. The van der Waals surface area contributed by atoms with Gasteiger partial charge in [-0.1, -0.05) is 23.7 Å². The number of halogens is 1. The molecule has 0 N–H and O–H groups in total. The molecule has 122 valence electrons. The van der Waals surface area contributed by atoms with Gasteiger partial charge >= 0.3 is 5.63 Å². The molecule has 1 aromatic heterocycles. The van der Waals surface area contributed by atoms with E-state index in [0.717, 1.165) is 5.56 Å². The predicted octanol–water partition coefficient (Wildman–Crippen LogP) is 4.24. The molecule has 7 heteroatoms. The molecule has 6 nitrogen and oxygen atoms in total. The summed E-state index contributed by atoms with van der Waals surface area (Å²) in [6, 6.07) is 10.8. The van der Waals surface area contributed by atoms with Gasteiger partial charge in [0.2, 0.25) is 0 Å². The standard InChI is InChI=1S/C17H12ClNO5/c1-10-6-17(20)24-15-8-16(13(18)7-12(10)15)23-9-11-4-2-3-5-14(11)19(21)22/h2-8H,9H2,1H3. The van der Waals surface area contributed by atoms with Gasteiger partial charge in [-0.25, -0.2) is 4.79 Å². The number of nitrogens with zero attached hydrogens (tertiary/aromatic N) is 1. The second kappa shape index (κ2) is 6.33. The van der Waals surface area contributed by atoms with Crippen molar-refractivity contribution >= 4 is 28.3 Å². The van der Waals surface area contributed by atoms with Crippen LogP contribution in [0.4, 0.5) is 5.69 Å². The van der Waals surface area contributed by atoms with Crippen molar-refractivity contribution in [2.75, 3.05) is 0 Å². The summed E-state index contributed by atoms with van der Waals surface area (Å²) in [7, 11) is 0. The van der Waals surface area contributed by atoms with E-state index < -0.39 is 10.5 Å². The predicted molar refractivity (Wildman–Crippen MR) is 89.7 cm³/mol. The zero-order valence-corrected chi connectivity index (χ0v) is 13.4. The minimum Gasteiger partial charge on any atom is -0.487 e. The highest BCUT2D eigenvalue weighted by Crippen LogP contribution is 2.32. The van der Waals surface area contributed by atoms with Crippen molar-refractivity contribution in [1.29, 1.82) is 0 Å². The number of fused-ring (bicyclic) bond motifs is 1. The number of para-hydroxylation sites is 1. The van der Waals surface area contributed by atoms with Crippen LogP contribution in [-0.2, 0) is 6.61 Å². The van der Waals surface area contributed by atoms with Gasteiger partial charge in [0.1, 0.15) is 17.9 Å². The van der Waals surface area contributed by atoms with Crippen molar-refractivity contribution in [2.45, 2.75) is 13.5 Å². The maximum Gasteiger partial charge on any atom is 0.336 e. The number of hydrogen-bond donors (Lipinski definition) is 0. The third kappa shape index (κ3) is 3.09. The Bertz CT molecular complexity index is 996. The summed E-state index contributed by atoms with van der Waals surface area (Å²) in [4.78, 5) is 22.0. The maximum absolute atomic E-state index is 11.5. The van der Waals surface area contributed by atoms with Crippen LogP contribution >= 0.6 is 11.6 Å². The number of rotatable bonds is 4. The van der Waals surface area contributed by atoms with E-state index in [0.29, 0.717) is 21.6 Å². The van der Waals surface area contributed by atoms with Crippen molar-refractivity contribution in [3.63, 3.8) is 0 Å². The Balaban J connectivity index is 1.95. The second-order valence-electron chi connectivity index (χ2n) is 5.20. The van der Waals surface area contributed by atoms with E-state index in [-0.39, 0.29) is 18.0 Å². The summed E-state index contributed by atoms with van der Waals surface area (Å²) in [5.74, 6) is 0.288. The van der Waals surface area contributed by atoms with Crippen LogP contribution in [0.3, 0.4) is 0 Å². The van der Waals surface area contributed by atoms with E-state index in [1.807, 2.05) is 0 Å². The molecule has 3 rings (SSSR count). The van der Waals surface area contributed by atoms with Gasteiger partial charge in [-0.05, 0) is 24.6 Å². The molecule has 0 spiro atoms. The maximum atomic E-state index is 11.5. The molecule has 3 aromatic rings. The number of hydrogen-bond acceptors (Lipinski definition) is 5. The normalized spacial score (nSPS) is 10.8. The molecule has 24 heavy (non-hydrogen) atoms.